The predicted octanol–water partition coefficient (Wildman–Crippen LogP) is 3.42. The molecule has 0 unspecified atom stereocenters. The summed E-state index contributed by atoms with van der Waals surface area (Å²) >= 11 is 2.87. The minimum atomic E-state index is -4.77. The van der Waals surface area contributed by atoms with E-state index in [0.29, 0.717) is 6.07 Å². The number of nitrogens with zero attached hydrogens (tertiary/aromatic N) is 1. The van der Waals surface area contributed by atoms with E-state index in [1.165, 1.54) is 13.1 Å². The van der Waals surface area contributed by atoms with Crippen molar-refractivity contribution in [2.24, 2.45) is 0 Å². The average molecular weight is 299 g/mol. The third-order valence-corrected chi connectivity index (χ3v) is 2.29. The molecular formula is C8H6BrF3N2O2. The number of nitrogens with one attached hydrogen (secondary N) is 1. The fourth-order valence-electron chi connectivity index (χ4n) is 1.20. The number of nitro benzene ring substituents is 1. The second-order valence-electron chi connectivity index (χ2n) is 2.85. The molecule has 0 saturated carbocycles. The predicted molar refractivity (Wildman–Crippen MR) is 55.3 cm³/mol. The molecule has 88 valence electrons. The molecule has 0 spiro atoms. The summed E-state index contributed by atoms with van der Waals surface area (Å²) in [6.07, 6.45) is -4.77. The molecule has 0 bridgehead atoms. The fraction of sp³-hybridized carbons (Fsp3) is 0.250. The number of benzene rings is 1. The minimum Gasteiger partial charge on any atom is -0.383 e. The molecule has 1 N–H and O–H groups in total. The van der Waals surface area contributed by atoms with E-state index >= 15 is 0 Å². The third-order valence-electron chi connectivity index (χ3n) is 1.83. The monoisotopic (exact) mass is 298 g/mol. The highest BCUT2D eigenvalue weighted by Crippen LogP contribution is 2.41. The number of anilines is 1. The molecule has 0 aliphatic carbocycles. The van der Waals surface area contributed by atoms with E-state index in [-0.39, 0.29) is 10.2 Å². The highest BCUT2D eigenvalue weighted by Gasteiger charge is 2.40. The van der Waals surface area contributed by atoms with Gasteiger partial charge in [0.05, 0.1) is 4.92 Å². The Bertz CT molecular complexity index is 434. The first kappa shape index (κ1) is 12.8. The van der Waals surface area contributed by atoms with Gasteiger partial charge >= 0.3 is 11.9 Å². The quantitative estimate of drug-likeness (QED) is 0.672. The van der Waals surface area contributed by atoms with E-state index in [4.69, 9.17) is 0 Å². The number of nitro groups is 1. The van der Waals surface area contributed by atoms with Gasteiger partial charge in [-0.15, -0.1) is 0 Å². The van der Waals surface area contributed by atoms with Crippen LogP contribution in [0.2, 0.25) is 0 Å². The number of hydrogen-bond donors (Lipinski definition) is 1. The zero-order valence-corrected chi connectivity index (χ0v) is 9.52. The Morgan fingerprint density at radius 2 is 2.00 bits per heavy atom. The zero-order chi connectivity index (χ0) is 12.5. The molecule has 0 radical (unpaired) electrons. The van der Waals surface area contributed by atoms with Crippen LogP contribution in [0.5, 0.6) is 0 Å². The van der Waals surface area contributed by atoms with Crippen LogP contribution in [0.1, 0.15) is 5.56 Å². The maximum Gasteiger partial charge on any atom is 0.423 e. The molecule has 8 heteroatoms. The highest BCUT2D eigenvalue weighted by molar-refractivity contribution is 9.10. The van der Waals surface area contributed by atoms with E-state index < -0.39 is 22.4 Å². The van der Waals surface area contributed by atoms with Crippen molar-refractivity contribution in [3.63, 3.8) is 0 Å². The van der Waals surface area contributed by atoms with Crippen LogP contribution in [0.15, 0.2) is 16.6 Å². The molecule has 0 aliphatic rings. The van der Waals surface area contributed by atoms with Crippen molar-refractivity contribution in [1.29, 1.82) is 0 Å². The summed E-state index contributed by atoms with van der Waals surface area (Å²) in [5.41, 5.74) is -2.44. The van der Waals surface area contributed by atoms with Gasteiger partial charge in [-0.25, -0.2) is 0 Å². The summed E-state index contributed by atoms with van der Waals surface area (Å²) in [5.74, 6) is 0. The SMILES string of the molecule is CNc1cc(Br)cc(C(F)(F)F)c1[N+](=O)[O-]. The molecule has 0 aromatic heterocycles. The number of hydrogen-bond acceptors (Lipinski definition) is 3. The van der Waals surface area contributed by atoms with E-state index in [9.17, 15) is 23.3 Å². The molecule has 0 fully saturated rings. The van der Waals surface area contributed by atoms with Crippen LogP contribution in [0, 0.1) is 10.1 Å². The Labute approximate surface area is 96.7 Å². The first-order valence-electron chi connectivity index (χ1n) is 4.00. The van der Waals surface area contributed by atoms with Crippen LogP contribution >= 0.6 is 15.9 Å². The molecule has 0 saturated heterocycles. The Kier molecular flexibility index (Phi) is 3.41. The zero-order valence-electron chi connectivity index (χ0n) is 7.93. The lowest BCUT2D eigenvalue weighted by atomic mass is 10.1. The summed E-state index contributed by atoms with van der Waals surface area (Å²) in [6, 6.07) is 1.90. The van der Waals surface area contributed by atoms with E-state index in [1.54, 1.807) is 0 Å². The first-order valence-corrected chi connectivity index (χ1v) is 4.79. The Morgan fingerprint density at radius 1 is 1.44 bits per heavy atom. The lowest BCUT2D eigenvalue weighted by Gasteiger charge is -2.11. The van der Waals surface area contributed by atoms with Crippen LogP contribution in [0.25, 0.3) is 0 Å². The molecule has 4 nitrogen and oxygen atoms in total. The van der Waals surface area contributed by atoms with Gasteiger partial charge in [0, 0.05) is 11.5 Å². The van der Waals surface area contributed by atoms with Gasteiger partial charge in [-0.3, -0.25) is 10.1 Å². The summed E-state index contributed by atoms with van der Waals surface area (Å²) in [7, 11) is 1.31. The van der Waals surface area contributed by atoms with Gasteiger partial charge < -0.3 is 5.32 Å². The van der Waals surface area contributed by atoms with Gasteiger partial charge in [0.25, 0.3) is 0 Å². The molecule has 0 atom stereocenters. The third kappa shape index (κ3) is 2.43. The smallest absolute Gasteiger partial charge is 0.383 e. The topological polar surface area (TPSA) is 55.2 Å². The number of rotatable bonds is 2. The largest absolute Gasteiger partial charge is 0.423 e. The molecule has 1 aromatic rings. The van der Waals surface area contributed by atoms with Crippen molar-refractivity contribution in [2.45, 2.75) is 6.18 Å². The van der Waals surface area contributed by atoms with Crippen LogP contribution in [-0.4, -0.2) is 12.0 Å². The summed E-state index contributed by atoms with van der Waals surface area (Å²) in [5, 5.41) is 13.0. The summed E-state index contributed by atoms with van der Waals surface area (Å²) in [4.78, 5) is 9.56. The summed E-state index contributed by atoms with van der Waals surface area (Å²) < 4.78 is 37.8. The summed E-state index contributed by atoms with van der Waals surface area (Å²) in [6.45, 7) is 0. The van der Waals surface area contributed by atoms with Gasteiger partial charge in [0.1, 0.15) is 11.3 Å². The molecule has 0 amide bonds. The molecular weight excluding hydrogens is 293 g/mol. The number of alkyl halides is 3. The highest BCUT2D eigenvalue weighted by atomic mass is 79.9. The van der Waals surface area contributed by atoms with Crippen molar-refractivity contribution in [1.82, 2.24) is 0 Å². The Balaban J connectivity index is 3.57. The Hall–Kier alpha value is -1.31. The van der Waals surface area contributed by atoms with Crippen molar-refractivity contribution in [2.75, 3.05) is 12.4 Å². The van der Waals surface area contributed by atoms with Crippen LogP contribution in [-0.2, 0) is 6.18 Å². The molecule has 16 heavy (non-hydrogen) atoms. The standard InChI is InChI=1S/C8H6BrF3N2O2/c1-13-6-3-4(9)2-5(8(10,11)12)7(6)14(15)16/h2-3,13H,1H3. The van der Waals surface area contributed by atoms with E-state index in [1.807, 2.05) is 0 Å². The van der Waals surface area contributed by atoms with Gasteiger partial charge in [0.15, 0.2) is 0 Å². The molecule has 1 aromatic carbocycles. The molecule has 0 aliphatic heterocycles. The maximum absolute atomic E-state index is 12.6. The second kappa shape index (κ2) is 4.28. The second-order valence-corrected chi connectivity index (χ2v) is 3.77. The number of halogens is 4. The Morgan fingerprint density at radius 3 is 2.38 bits per heavy atom. The lowest BCUT2D eigenvalue weighted by Crippen LogP contribution is -2.10. The molecule has 1 rings (SSSR count). The van der Waals surface area contributed by atoms with Gasteiger partial charge in [-0.2, -0.15) is 13.2 Å². The maximum atomic E-state index is 12.6. The average Bonchev–Trinajstić information content (AvgIpc) is 2.14. The van der Waals surface area contributed by atoms with Gasteiger partial charge in [-0.05, 0) is 12.1 Å². The molecule has 0 heterocycles. The van der Waals surface area contributed by atoms with Crippen LogP contribution in [0.4, 0.5) is 24.5 Å². The minimum absolute atomic E-state index is 0.120. The van der Waals surface area contributed by atoms with Crippen LogP contribution in [0.3, 0.4) is 0 Å². The lowest BCUT2D eigenvalue weighted by molar-refractivity contribution is -0.387. The van der Waals surface area contributed by atoms with Crippen molar-refractivity contribution in [3.05, 3.63) is 32.3 Å². The van der Waals surface area contributed by atoms with Crippen molar-refractivity contribution in [3.8, 4) is 0 Å². The van der Waals surface area contributed by atoms with Crippen LogP contribution < -0.4 is 5.32 Å². The fourth-order valence-corrected chi connectivity index (χ4v) is 1.66. The van der Waals surface area contributed by atoms with Gasteiger partial charge in [0.2, 0.25) is 0 Å². The van der Waals surface area contributed by atoms with Crippen molar-refractivity contribution < 1.29 is 18.1 Å². The van der Waals surface area contributed by atoms with Crippen molar-refractivity contribution >= 4 is 27.3 Å². The van der Waals surface area contributed by atoms with Gasteiger partial charge in [-0.1, -0.05) is 15.9 Å². The first-order chi connectivity index (χ1) is 7.27. The van der Waals surface area contributed by atoms with E-state index in [0.717, 1.165) is 0 Å². The normalized spacial score (nSPS) is 11.3. The van der Waals surface area contributed by atoms with E-state index in [2.05, 4.69) is 21.2 Å².